The predicted molar refractivity (Wildman–Crippen MR) is 115 cm³/mol. The van der Waals surface area contributed by atoms with Gasteiger partial charge in [-0.3, -0.25) is 4.79 Å². The molecule has 1 amide bonds. The van der Waals surface area contributed by atoms with Crippen molar-refractivity contribution in [3.05, 3.63) is 90.0 Å². The number of ether oxygens (including phenoxy) is 1. The molecule has 0 radical (unpaired) electrons. The Kier molecular flexibility index (Phi) is 6.31. The molecule has 4 N–H and O–H groups in total. The molecule has 5 heteroatoms. The molecule has 0 aromatic heterocycles. The molecule has 0 saturated carbocycles. The molecule has 0 aliphatic rings. The lowest BCUT2D eigenvalue weighted by atomic mass is 10.1. The third kappa shape index (κ3) is 5.38. The van der Waals surface area contributed by atoms with Gasteiger partial charge in [0.25, 0.3) is 0 Å². The molecule has 5 nitrogen and oxygen atoms in total. The molecule has 0 fully saturated rings. The number of anilines is 3. The van der Waals surface area contributed by atoms with E-state index < -0.39 is 0 Å². The molecule has 3 aromatic carbocycles. The second kappa shape index (κ2) is 9.28. The molecular weight excluding hydrogens is 350 g/mol. The number of nitrogens with one attached hydrogen (secondary N) is 2. The van der Waals surface area contributed by atoms with Crippen molar-refractivity contribution in [3.63, 3.8) is 0 Å². The fourth-order valence-corrected chi connectivity index (χ4v) is 2.70. The van der Waals surface area contributed by atoms with Crippen molar-refractivity contribution in [2.24, 2.45) is 0 Å². The first-order chi connectivity index (χ1) is 13.6. The zero-order valence-corrected chi connectivity index (χ0v) is 15.7. The maximum absolute atomic E-state index is 12.1. The molecule has 0 heterocycles. The molecule has 0 saturated heterocycles. The standard InChI is InChI=1S/C23H23N3O2/c1-28-20-9-5-8-19(15-20)25-16-18-7-4-6-17(14-18)12-13-23(27)26-22-11-3-2-10-21(22)24/h2-15,25H,16,24H2,1H3,(H,26,27)/b13-12+. The lowest BCUT2D eigenvalue weighted by Gasteiger charge is -2.09. The van der Waals surface area contributed by atoms with Crippen LogP contribution in [0.1, 0.15) is 11.1 Å². The van der Waals surface area contributed by atoms with Crippen LogP contribution in [0.25, 0.3) is 6.08 Å². The number of carbonyl (C=O) groups excluding carboxylic acids is 1. The predicted octanol–water partition coefficient (Wildman–Crippen LogP) is 4.54. The Morgan fingerprint density at radius 3 is 2.68 bits per heavy atom. The number of hydrogen-bond donors (Lipinski definition) is 3. The van der Waals surface area contributed by atoms with E-state index in [0.717, 1.165) is 22.6 Å². The van der Waals surface area contributed by atoms with Gasteiger partial charge in [0, 0.05) is 24.4 Å². The first-order valence-corrected chi connectivity index (χ1v) is 8.94. The van der Waals surface area contributed by atoms with Crippen molar-refractivity contribution in [2.45, 2.75) is 6.54 Å². The smallest absolute Gasteiger partial charge is 0.248 e. The van der Waals surface area contributed by atoms with Crippen LogP contribution < -0.4 is 21.1 Å². The summed E-state index contributed by atoms with van der Waals surface area (Å²) < 4.78 is 5.24. The maximum atomic E-state index is 12.1. The summed E-state index contributed by atoms with van der Waals surface area (Å²) in [6.07, 6.45) is 3.28. The van der Waals surface area contributed by atoms with Gasteiger partial charge in [-0.25, -0.2) is 0 Å². The number of carbonyl (C=O) groups is 1. The molecule has 0 bridgehead atoms. The van der Waals surface area contributed by atoms with Crippen molar-refractivity contribution < 1.29 is 9.53 Å². The highest BCUT2D eigenvalue weighted by molar-refractivity contribution is 6.03. The van der Waals surface area contributed by atoms with Crippen molar-refractivity contribution in [2.75, 3.05) is 23.5 Å². The number of nitrogen functional groups attached to an aromatic ring is 1. The number of benzene rings is 3. The third-order valence-corrected chi connectivity index (χ3v) is 4.16. The lowest BCUT2D eigenvalue weighted by molar-refractivity contribution is -0.111. The number of para-hydroxylation sites is 2. The minimum Gasteiger partial charge on any atom is -0.497 e. The quantitative estimate of drug-likeness (QED) is 0.420. The molecule has 142 valence electrons. The lowest BCUT2D eigenvalue weighted by Crippen LogP contribution is -2.09. The topological polar surface area (TPSA) is 76.4 Å². The van der Waals surface area contributed by atoms with Gasteiger partial charge in [0.15, 0.2) is 0 Å². The SMILES string of the molecule is COc1cccc(NCc2cccc(/C=C/C(=O)Nc3ccccc3N)c2)c1. The fraction of sp³-hybridized carbons (Fsp3) is 0.0870. The zero-order chi connectivity index (χ0) is 19.8. The normalized spacial score (nSPS) is 10.6. The summed E-state index contributed by atoms with van der Waals surface area (Å²) in [5.74, 6) is 0.588. The van der Waals surface area contributed by atoms with Gasteiger partial charge < -0.3 is 21.1 Å². The van der Waals surface area contributed by atoms with Crippen LogP contribution in [0.4, 0.5) is 17.1 Å². The van der Waals surface area contributed by atoms with Crippen LogP contribution in [0.15, 0.2) is 78.9 Å². The van der Waals surface area contributed by atoms with E-state index in [1.807, 2.05) is 60.7 Å². The first kappa shape index (κ1) is 19.0. The van der Waals surface area contributed by atoms with Crippen LogP contribution >= 0.6 is 0 Å². The second-order valence-electron chi connectivity index (χ2n) is 6.24. The Morgan fingerprint density at radius 1 is 1.04 bits per heavy atom. The van der Waals surface area contributed by atoms with E-state index in [9.17, 15) is 4.79 Å². The summed E-state index contributed by atoms with van der Waals surface area (Å²) in [4.78, 5) is 12.1. The van der Waals surface area contributed by atoms with E-state index in [4.69, 9.17) is 10.5 Å². The van der Waals surface area contributed by atoms with Gasteiger partial charge in [0.05, 0.1) is 18.5 Å². The van der Waals surface area contributed by atoms with Gasteiger partial charge in [-0.1, -0.05) is 36.4 Å². The summed E-state index contributed by atoms with van der Waals surface area (Å²) in [6, 6.07) is 23.0. The van der Waals surface area contributed by atoms with Crippen molar-refractivity contribution in [1.82, 2.24) is 0 Å². The molecule has 0 atom stereocenters. The third-order valence-electron chi connectivity index (χ3n) is 4.16. The Morgan fingerprint density at radius 2 is 1.86 bits per heavy atom. The Labute approximate surface area is 164 Å². The second-order valence-corrected chi connectivity index (χ2v) is 6.24. The van der Waals surface area contributed by atoms with E-state index in [-0.39, 0.29) is 5.91 Å². The average molecular weight is 373 g/mol. The van der Waals surface area contributed by atoms with Crippen molar-refractivity contribution in [1.29, 1.82) is 0 Å². The fourth-order valence-electron chi connectivity index (χ4n) is 2.70. The summed E-state index contributed by atoms with van der Waals surface area (Å²) in [5, 5.41) is 6.15. The van der Waals surface area contributed by atoms with Crippen LogP contribution in [-0.2, 0) is 11.3 Å². The van der Waals surface area contributed by atoms with Crippen LogP contribution in [-0.4, -0.2) is 13.0 Å². The highest BCUT2D eigenvalue weighted by Crippen LogP contribution is 2.18. The number of amides is 1. The Balaban J connectivity index is 1.60. The van der Waals surface area contributed by atoms with Crippen LogP contribution in [0.3, 0.4) is 0 Å². The number of nitrogens with two attached hydrogens (primary N) is 1. The highest BCUT2D eigenvalue weighted by Gasteiger charge is 2.01. The van der Waals surface area contributed by atoms with Gasteiger partial charge in [0.1, 0.15) is 5.75 Å². The molecule has 0 aliphatic carbocycles. The molecular formula is C23H23N3O2. The van der Waals surface area contributed by atoms with Gasteiger partial charge in [-0.2, -0.15) is 0 Å². The number of hydrogen-bond acceptors (Lipinski definition) is 4. The summed E-state index contributed by atoms with van der Waals surface area (Å²) >= 11 is 0. The Bertz CT molecular complexity index is 983. The van der Waals surface area contributed by atoms with Crippen LogP contribution in [0.5, 0.6) is 5.75 Å². The molecule has 0 unspecified atom stereocenters. The number of rotatable bonds is 7. The summed E-state index contributed by atoms with van der Waals surface area (Å²) in [6.45, 7) is 0.668. The summed E-state index contributed by atoms with van der Waals surface area (Å²) in [7, 11) is 1.65. The van der Waals surface area contributed by atoms with E-state index in [2.05, 4.69) is 10.6 Å². The molecule has 28 heavy (non-hydrogen) atoms. The van der Waals surface area contributed by atoms with Crippen LogP contribution in [0, 0.1) is 0 Å². The monoisotopic (exact) mass is 373 g/mol. The summed E-state index contributed by atoms with van der Waals surface area (Å²) in [5.41, 5.74) is 10.0. The zero-order valence-electron chi connectivity index (χ0n) is 15.7. The van der Waals surface area contributed by atoms with Crippen molar-refractivity contribution >= 4 is 29.0 Å². The minimum absolute atomic E-state index is 0.224. The Hall–Kier alpha value is -3.73. The van der Waals surface area contributed by atoms with E-state index in [1.165, 1.54) is 6.08 Å². The van der Waals surface area contributed by atoms with E-state index in [1.54, 1.807) is 25.3 Å². The molecule has 3 rings (SSSR count). The van der Waals surface area contributed by atoms with Crippen molar-refractivity contribution in [3.8, 4) is 5.75 Å². The van der Waals surface area contributed by atoms with Crippen LogP contribution in [0.2, 0.25) is 0 Å². The largest absolute Gasteiger partial charge is 0.497 e. The van der Waals surface area contributed by atoms with E-state index in [0.29, 0.717) is 17.9 Å². The minimum atomic E-state index is -0.224. The van der Waals surface area contributed by atoms with Gasteiger partial charge >= 0.3 is 0 Å². The van der Waals surface area contributed by atoms with Gasteiger partial charge in [-0.05, 0) is 47.5 Å². The molecule has 0 spiro atoms. The number of methoxy groups -OCH3 is 1. The molecule has 0 aliphatic heterocycles. The molecule has 3 aromatic rings. The van der Waals surface area contributed by atoms with Gasteiger partial charge in [0.2, 0.25) is 5.91 Å². The highest BCUT2D eigenvalue weighted by atomic mass is 16.5. The average Bonchev–Trinajstić information content (AvgIpc) is 2.73. The maximum Gasteiger partial charge on any atom is 0.248 e. The van der Waals surface area contributed by atoms with Gasteiger partial charge in [-0.15, -0.1) is 0 Å². The first-order valence-electron chi connectivity index (χ1n) is 8.94. The van der Waals surface area contributed by atoms with E-state index >= 15 is 0 Å².